The van der Waals surface area contributed by atoms with Gasteiger partial charge in [-0.2, -0.15) is 0 Å². The van der Waals surface area contributed by atoms with E-state index >= 15 is 0 Å². The van der Waals surface area contributed by atoms with E-state index in [1.165, 1.54) is 0 Å². The van der Waals surface area contributed by atoms with Gasteiger partial charge >= 0.3 is 0 Å². The van der Waals surface area contributed by atoms with E-state index in [4.69, 9.17) is 10.8 Å². The zero-order valence-electron chi connectivity index (χ0n) is 14.0. The molecule has 0 unspecified atom stereocenters. The fourth-order valence-electron chi connectivity index (χ4n) is 2.32. The van der Waals surface area contributed by atoms with Crippen molar-refractivity contribution >= 4 is 12.4 Å². The first-order chi connectivity index (χ1) is 8.98. The minimum Gasteiger partial charge on any atom is -0.507 e. The van der Waals surface area contributed by atoms with Crippen LogP contribution in [0.2, 0.25) is 0 Å². The van der Waals surface area contributed by atoms with E-state index in [9.17, 15) is 5.11 Å². The van der Waals surface area contributed by atoms with Crippen molar-refractivity contribution in [2.24, 2.45) is 5.73 Å². The van der Waals surface area contributed by atoms with Gasteiger partial charge in [-0.15, -0.1) is 12.4 Å². The van der Waals surface area contributed by atoms with E-state index < -0.39 is 0 Å². The second-order valence-corrected chi connectivity index (χ2v) is 7.58. The lowest BCUT2D eigenvalue weighted by Gasteiger charge is -2.29. The quantitative estimate of drug-likeness (QED) is 0.795. The molecule has 4 heteroatoms. The number of nitrogens with two attached hydrogens (primary N) is 1. The second kappa shape index (κ2) is 6.99. The summed E-state index contributed by atoms with van der Waals surface area (Å²) >= 11 is 0. The lowest BCUT2D eigenvalue weighted by atomic mass is 9.77. The van der Waals surface area contributed by atoms with Crippen LogP contribution in [-0.4, -0.2) is 16.8 Å². The predicted molar refractivity (Wildman–Crippen MR) is 91.4 cm³/mol. The third-order valence-corrected chi connectivity index (χ3v) is 3.62. The van der Waals surface area contributed by atoms with E-state index in [1.54, 1.807) is 0 Å². The molecule has 0 saturated carbocycles. The number of hydrogen-bond donors (Lipinski definition) is 3. The third-order valence-electron chi connectivity index (χ3n) is 3.62. The van der Waals surface area contributed by atoms with Crippen molar-refractivity contribution in [1.82, 2.24) is 0 Å². The minimum atomic E-state index is -0.206. The summed E-state index contributed by atoms with van der Waals surface area (Å²) in [4.78, 5) is 0. The van der Waals surface area contributed by atoms with E-state index in [0.717, 1.165) is 16.7 Å². The standard InChI is InChI=1S/C17H29NO2.ClH/c1-16(2,3)12-9-11(14(18)7-8-19)10-13(15(12)20)17(4,5)6;/h9-10,14,19-20H,7-8,18H2,1-6H3;1H/t14-;/m0./s1. The van der Waals surface area contributed by atoms with Gasteiger partial charge in [0.2, 0.25) is 0 Å². The molecule has 1 rings (SSSR count). The van der Waals surface area contributed by atoms with Crippen molar-refractivity contribution in [2.75, 3.05) is 6.61 Å². The number of phenolic OH excluding ortho intramolecular Hbond substituents is 1. The van der Waals surface area contributed by atoms with Gasteiger partial charge in [0.1, 0.15) is 5.75 Å². The minimum absolute atomic E-state index is 0. The van der Waals surface area contributed by atoms with Gasteiger partial charge in [0, 0.05) is 12.6 Å². The van der Waals surface area contributed by atoms with Gasteiger partial charge in [-0.3, -0.25) is 0 Å². The molecule has 0 aromatic heterocycles. The van der Waals surface area contributed by atoms with E-state index in [2.05, 4.69) is 41.5 Å². The van der Waals surface area contributed by atoms with Crippen molar-refractivity contribution in [3.05, 3.63) is 28.8 Å². The van der Waals surface area contributed by atoms with Gasteiger partial charge < -0.3 is 15.9 Å². The van der Waals surface area contributed by atoms with E-state index in [0.29, 0.717) is 12.2 Å². The molecular weight excluding hydrogens is 286 g/mol. The molecule has 21 heavy (non-hydrogen) atoms. The highest BCUT2D eigenvalue weighted by Gasteiger charge is 2.27. The normalized spacial score (nSPS) is 13.7. The topological polar surface area (TPSA) is 66.5 Å². The van der Waals surface area contributed by atoms with Crippen LogP contribution in [0, 0.1) is 0 Å². The Kier molecular flexibility index (Phi) is 6.74. The molecule has 1 atom stereocenters. The summed E-state index contributed by atoms with van der Waals surface area (Å²) in [7, 11) is 0. The smallest absolute Gasteiger partial charge is 0.123 e. The molecule has 1 aromatic rings. The molecular formula is C17H30ClNO2. The average Bonchev–Trinajstić information content (AvgIpc) is 2.26. The van der Waals surface area contributed by atoms with Crippen LogP contribution in [0.3, 0.4) is 0 Å². The largest absolute Gasteiger partial charge is 0.507 e. The van der Waals surface area contributed by atoms with Gasteiger partial charge in [0.15, 0.2) is 0 Å². The Labute approximate surface area is 135 Å². The highest BCUT2D eigenvalue weighted by molar-refractivity contribution is 5.85. The first-order valence-corrected chi connectivity index (χ1v) is 7.22. The lowest BCUT2D eigenvalue weighted by molar-refractivity contribution is 0.276. The van der Waals surface area contributed by atoms with E-state index in [1.807, 2.05) is 12.1 Å². The molecule has 0 spiro atoms. The van der Waals surface area contributed by atoms with Crippen LogP contribution >= 0.6 is 12.4 Å². The molecule has 0 fully saturated rings. The van der Waals surface area contributed by atoms with E-state index in [-0.39, 0.29) is 35.9 Å². The maximum Gasteiger partial charge on any atom is 0.123 e. The Bertz CT molecular complexity index is 438. The van der Waals surface area contributed by atoms with Crippen molar-refractivity contribution < 1.29 is 10.2 Å². The number of phenols is 1. The molecule has 0 heterocycles. The SMILES string of the molecule is CC(C)(C)c1cc([C@@H](N)CCO)cc(C(C)(C)C)c1O.Cl. The van der Waals surface area contributed by atoms with Crippen LogP contribution in [-0.2, 0) is 10.8 Å². The molecule has 4 N–H and O–H groups in total. The molecule has 1 aromatic carbocycles. The second-order valence-electron chi connectivity index (χ2n) is 7.58. The summed E-state index contributed by atoms with van der Waals surface area (Å²) in [6.07, 6.45) is 0.526. The summed E-state index contributed by atoms with van der Waals surface area (Å²) in [5.41, 5.74) is 8.63. The Morgan fingerprint density at radius 1 is 1.00 bits per heavy atom. The molecule has 0 saturated heterocycles. The number of aromatic hydroxyl groups is 1. The molecule has 0 radical (unpaired) electrons. The summed E-state index contributed by atoms with van der Waals surface area (Å²) < 4.78 is 0. The Morgan fingerprint density at radius 3 is 1.67 bits per heavy atom. The van der Waals surface area contributed by atoms with Crippen LogP contribution in [0.1, 0.15) is 70.7 Å². The molecule has 0 bridgehead atoms. The summed E-state index contributed by atoms with van der Waals surface area (Å²) in [6.45, 7) is 12.5. The summed E-state index contributed by atoms with van der Waals surface area (Å²) in [5.74, 6) is 0.366. The molecule has 122 valence electrons. The fraction of sp³-hybridized carbons (Fsp3) is 0.647. The molecule has 0 amide bonds. The fourth-order valence-corrected chi connectivity index (χ4v) is 2.32. The zero-order valence-corrected chi connectivity index (χ0v) is 14.8. The van der Waals surface area contributed by atoms with Crippen molar-refractivity contribution in [2.45, 2.75) is 64.8 Å². The predicted octanol–water partition coefficient (Wildman–Crippen LogP) is 3.79. The average molecular weight is 316 g/mol. The monoisotopic (exact) mass is 315 g/mol. The summed E-state index contributed by atoms with van der Waals surface area (Å²) in [5, 5.41) is 19.7. The number of rotatable bonds is 3. The Hall–Kier alpha value is -0.770. The molecule has 0 aliphatic carbocycles. The van der Waals surface area contributed by atoms with Crippen molar-refractivity contribution in [3.8, 4) is 5.75 Å². The number of halogens is 1. The van der Waals surface area contributed by atoms with Crippen LogP contribution in [0.15, 0.2) is 12.1 Å². The van der Waals surface area contributed by atoms with Gasteiger partial charge in [0.25, 0.3) is 0 Å². The first-order valence-electron chi connectivity index (χ1n) is 7.22. The van der Waals surface area contributed by atoms with Crippen molar-refractivity contribution in [3.63, 3.8) is 0 Å². The Balaban J connectivity index is 0.00000400. The lowest BCUT2D eigenvalue weighted by Crippen LogP contribution is -2.20. The van der Waals surface area contributed by atoms with Crippen LogP contribution in [0.25, 0.3) is 0 Å². The van der Waals surface area contributed by atoms with Gasteiger partial charge in [-0.1, -0.05) is 53.7 Å². The van der Waals surface area contributed by atoms with Crippen LogP contribution < -0.4 is 5.73 Å². The number of aliphatic hydroxyl groups is 1. The van der Waals surface area contributed by atoms with Crippen LogP contribution in [0.4, 0.5) is 0 Å². The zero-order chi connectivity index (χ0) is 15.7. The first kappa shape index (κ1) is 20.2. The van der Waals surface area contributed by atoms with Crippen LogP contribution in [0.5, 0.6) is 5.75 Å². The van der Waals surface area contributed by atoms with Crippen molar-refractivity contribution in [1.29, 1.82) is 0 Å². The molecule has 0 aliphatic heterocycles. The van der Waals surface area contributed by atoms with Gasteiger partial charge in [0.05, 0.1) is 0 Å². The molecule has 3 nitrogen and oxygen atoms in total. The summed E-state index contributed by atoms with van der Waals surface area (Å²) in [6, 6.07) is 3.75. The van der Waals surface area contributed by atoms with Gasteiger partial charge in [-0.05, 0) is 33.9 Å². The number of aliphatic hydroxyl groups excluding tert-OH is 1. The maximum absolute atomic E-state index is 10.6. The highest BCUT2D eigenvalue weighted by atomic mass is 35.5. The Morgan fingerprint density at radius 2 is 1.38 bits per heavy atom. The molecule has 0 aliphatic rings. The number of benzene rings is 1. The number of hydrogen-bond acceptors (Lipinski definition) is 3. The highest BCUT2D eigenvalue weighted by Crippen LogP contribution is 2.40. The third kappa shape index (κ3) is 4.87. The van der Waals surface area contributed by atoms with Gasteiger partial charge in [-0.25, -0.2) is 0 Å². The maximum atomic E-state index is 10.6.